The Balaban J connectivity index is 0.000000195. The second-order valence-corrected chi connectivity index (χ2v) is 24.5. The molecule has 1 N–H and O–H groups in total. The minimum atomic E-state index is -0.379. The summed E-state index contributed by atoms with van der Waals surface area (Å²) in [5, 5.41) is 11.6. The van der Waals surface area contributed by atoms with Gasteiger partial charge in [0.2, 0.25) is 11.6 Å². The summed E-state index contributed by atoms with van der Waals surface area (Å²) in [5.41, 5.74) is 2.43. The summed E-state index contributed by atoms with van der Waals surface area (Å²) in [6.45, 7) is 5.72. The molecular weight excluding hydrogens is 1190 g/mol. The topological polar surface area (TPSA) is 132 Å². The van der Waals surface area contributed by atoms with Gasteiger partial charge in [-0.15, -0.1) is 68.0 Å². The maximum absolute atomic E-state index is 12.8. The van der Waals surface area contributed by atoms with E-state index in [1.807, 2.05) is 175 Å². The molecule has 0 aliphatic heterocycles. The Labute approximate surface area is 528 Å². The average molecular weight is 1250 g/mol. The molecular formula is C63H59ClLiN3O8S7. The molecule has 0 radical (unpaired) electrons. The number of halogens is 1. The maximum atomic E-state index is 12.8. The number of unbranched alkanes of at least 4 members (excludes halogenated alkanes) is 1. The molecule has 0 aliphatic carbocycles. The van der Waals surface area contributed by atoms with E-state index in [0.29, 0.717) is 34.1 Å². The number of hydroxylamine groups is 5. The van der Waals surface area contributed by atoms with Crippen molar-refractivity contribution in [2.24, 2.45) is 0 Å². The van der Waals surface area contributed by atoms with Crippen LogP contribution in [-0.2, 0) is 14.5 Å². The number of thiophene rings is 7. The number of carbonyl (C=O) groups excluding carboxylic acids is 5. The van der Waals surface area contributed by atoms with Gasteiger partial charge in [0.25, 0.3) is 17.1 Å². The molecule has 0 saturated carbocycles. The van der Waals surface area contributed by atoms with Crippen molar-refractivity contribution >= 4 is 170 Å². The van der Waals surface area contributed by atoms with Crippen molar-refractivity contribution in [3.8, 4) is 0 Å². The molecule has 5 aromatic carbocycles. The number of hydrogen-bond donors (Lipinski definition) is 1. The zero-order valence-electron chi connectivity index (χ0n) is 46.9. The fourth-order valence-corrected chi connectivity index (χ4v) is 13.6. The van der Waals surface area contributed by atoms with Gasteiger partial charge in [-0.05, 0) is 122 Å². The van der Waals surface area contributed by atoms with Crippen molar-refractivity contribution in [3.63, 3.8) is 0 Å². The molecule has 424 valence electrons. The number of ketones is 2. The molecule has 20 heteroatoms. The molecule has 12 aromatic rings. The van der Waals surface area contributed by atoms with Gasteiger partial charge in [-0.2, -0.15) is 17.8 Å². The standard InChI is InChI=1S/C22H12O2S3.2C11H11NO2S.C9H5ClOS.C4H4S.C4H9.C2H7NO.Li/c23-21(19-11-13-5-1-3-7-15(13)25-19)17-9-10-18(27-17)22(24)20-12-14-6-2-4-8-16(14)26-20;2*1-12(14-2)11(13)10-7-8-5-3-4-6-9(8)15-10;10-9(11)8-5-6-3-1-2-4-7(6)12-8;1-2-4-5-3-1;2*1-3-4-2;/h1-12H;2*3-7H,1-2H3;1-5H;1-4H;1,3-4H2,2H3;3H,1-2H3;/q;;;;;-1;;+1. The predicted molar refractivity (Wildman–Crippen MR) is 349 cm³/mol. The molecule has 0 atom stereocenters. The van der Waals surface area contributed by atoms with E-state index in [9.17, 15) is 24.0 Å². The van der Waals surface area contributed by atoms with E-state index >= 15 is 0 Å². The number of benzene rings is 5. The molecule has 0 fully saturated rings. The van der Waals surface area contributed by atoms with Crippen LogP contribution in [0.3, 0.4) is 0 Å². The van der Waals surface area contributed by atoms with Crippen LogP contribution in [0.15, 0.2) is 187 Å². The van der Waals surface area contributed by atoms with Crippen molar-refractivity contribution in [3.05, 3.63) is 228 Å². The number of amides is 2. The van der Waals surface area contributed by atoms with Gasteiger partial charge in [-0.3, -0.25) is 33.6 Å². The third kappa shape index (κ3) is 19.8. The molecule has 0 aliphatic rings. The molecule has 0 unspecified atom stereocenters. The van der Waals surface area contributed by atoms with E-state index < -0.39 is 0 Å². The normalized spacial score (nSPS) is 10.2. The number of nitrogens with one attached hydrogen (secondary N) is 1. The number of carbonyl (C=O) groups is 5. The Kier molecular flexibility index (Phi) is 28.8. The molecule has 0 spiro atoms. The van der Waals surface area contributed by atoms with Crippen LogP contribution in [0.25, 0.3) is 50.4 Å². The van der Waals surface area contributed by atoms with Crippen LogP contribution in [0.2, 0.25) is 0 Å². The Morgan fingerprint density at radius 3 is 0.988 bits per heavy atom. The minimum Gasteiger partial charge on any atom is -0.343 e. The third-order valence-corrected chi connectivity index (χ3v) is 18.9. The van der Waals surface area contributed by atoms with Gasteiger partial charge in [0.1, 0.15) is 0 Å². The average Bonchev–Trinajstić information content (AvgIpc) is 4.54. The first kappa shape index (κ1) is 67.8. The summed E-state index contributed by atoms with van der Waals surface area (Å²) in [6.07, 6.45) is 2.28. The molecule has 2 amide bonds. The van der Waals surface area contributed by atoms with Gasteiger partial charge in [-0.1, -0.05) is 116 Å². The summed E-state index contributed by atoms with van der Waals surface area (Å²) < 4.78 is 5.52. The van der Waals surface area contributed by atoms with Crippen molar-refractivity contribution in [2.75, 3.05) is 42.5 Å². The quantitative estimate of drug-likeness (QED) is 0.0442. The molecule has 0 saturated heterocycles. The van der Waals surface area contributed by atoms with Gasteiger partial charge >= 0.3 is 18.9 Å². The first-order valence-electron chi connectivity index (χ1n) is 25.2. The first-order valence-corrected chi connectivity index (χ1v) is 31.4. The summed E-state index contributed by atoms with van der Waals surface area (Å²) in [6, 6.07) is 56.6. The Morgan fingerprint density at radius 2 is 0.735 bits per heavy atom. The van der Waals surface area contributed by atoms with Crippen LogP contribution in [0.4, 0.5) is 0 Å². The van der Waals surface area contributed by atoms with E-state index in [4.69, 9.17) is 21.3 Å². The van der Waals surface area contributed by atoms with Gasteiger partial charge in [-0.25, -0.2) is 15.6 Å². The van der Waals surface area contributed by atoms with Crippen molar-refractivity contribution in [1.82, 2.24) is 15.6 Å². The monoisotopic (exact) mass is 1250 g/mol. The van der Waals surface area contributed by atoms with Crippen LogP contribution in [0, 0.1) is 6.92 Å². The van der Waals surface area contributed by atoms with Crippen molar-refractivity contribution in [2.45, 2.75) is 19.8 Å². The van der Waals surface area contributed by atoms with Crippen molar-refractivity contribution < 1.29 is 57.3 Å². The molecule has 0 bridgehead atoms. The minimum absolute atomic E-state index is 0. The van der Waals surface area contributed by atoms with Gasteiger partial charge in [0.05, 0.1) is 55.5 Å². The maximum Gasteiger partial charge on any atom is 1.00 e. The smallest absolute Gasteiger partial charge is 0.343 e. The van der Waals surface area contributed by atoms with E-state index in [0.717, 1.165) is 56.9 Å². The van der Waals surface area contributed by atoms with E-state index in [1.54, 1.807) is 51.7 Å². The van der Waals surface area contributed by atoms with E-state index in [1.165, 1.54) is 98.8 Å². The van der Waals surface area contributed by atoms with Crippen LogP contribution in [0.5, 0.6) is 0 Å². The predicted octanol–water partition coefficient (Wildman–Crippen LogP) is 15.1. The second-order valence-electron chi connectivity index (χ2n) is 16.9. The number of nitrogens with zero attached hydrogens (tertiary/aromatic N) is 2. The third-order valence-electron chi connectivity index (χ3n) is 11.3. The fraction of sp³-hybridized carbons (Fsp3) is 0.143. The Morgan fingerprint density at radius 1 is 0.458 bits per heavy atom. The number of hydrogen-bond acceptors (Lipinski definition) is 16. The Bertz CT molecular complexity index is 3570. The summed E-state index contributed by atoms with van der Waals surface area (Å²) >= 11 is 15.7. The molecule has 7 heterocycles. The van der Waals surface area contributed by atoms with Crippen molar-refractivity contribution in [1.29, 1.82) is 0 Å². The summed E-state index contributed by atoms with van der Waals surface area (Å²) in [4.78, 5) is 78.6. The SMILES string of the molecule is CNOC.CON(C)C(=O)c1cc2ccccc2s1.CON(C)C(=O)c1cc2ccccc2s1.O=C(Cl)c1cc2ccccc2s1.O=C(c1ccc(C(=O)c2cc3ccccc3s2)s1)c1cc2ccccc2s1.[CH2-]CCC.[Li+].c1ccsc1. The summed E-state index contributed by atoms with van der Waals surface area (Å²) in [5.74, 6) is -0.259. The van der Waals surface area contributed by atoms with Gasteiger partial charge < -0.3 is 11.8 Å². The van der Waals surface area contributed by atoms with Crippen LogP contribution in [-0.4, -0.2) is 81.2 Å². The second kappa shape index (κ2) is 35.3. The molecule has 11 nitrogen and oxygen atoms in total. The largest absolute Gasteiger partial charge is 1.00 e. The zero-order chi connectivity index (χ0) is 59.0. The molecule has 12 rings (SSSR count). The molecule has 7 aromatic heterocycles. The van der Waals surface area contributed by atoms with Crippen LogP contribution < -0.4 is 24.3 Å². The van der Waals surface area contributed by atoms with Crippen LogP contribution in [0.1, 0.15) is 77.9 Å². The Hall–Kier alpha value is -6.02. The van der Waals surface area contributed by atoms with Gasteiger partial charge in [0, 0.05) is 44.6 Å². The fourth-order valence-electron chi connectivity index (χ4n) is 6.97. The van der Waals surface area contributed by atoms with Gasteiger partial charge in [0.15, 0.2) is 0 Å². The van der Waals surface area contributed by atoms with Crippen LogP contribution >= 0.6 is 91.0 Å². The molecule has 83 heavy (non-hydrogen) atoms. The number of fused-ring (bicyclic) bond motifs is 5. The summed E-state index contributed by atoms with van der Waals surface area (Å²) in [7, 11) is 9.44. The first-order chi connectivity index (χ1) is 39.7. The van der Waals surface area contributed by atoms with E-state index in [-0.39, 0.29) is 47.5 Å². The van der Waals surface area contributed by atoms with E-state index in [2.05, 4.69) is 24.2 Å². The zero-order valence-corrected chi connectivity index (χ0v) is 53.4. The number of rotatable bonds is 11.